The number of aromatic nitrogens is 2. The van der Waals surface area contributed by atoms with Gasteiger partial charge in [0.05, 0.1) is 18.1 Å². The van der Waals surface area contributed by atoms with E-state index in [4.69, 9.17) is 0 Å². The number of nitrogens with zero attached hydrogens (tertiary/aromatic N) is 4. The molecule has 15 heavy (non-hydrogen) atoms. The first-order valence-corrected chi connectivity index (χ1v) is 4.57. The molecule has 76 valence electrons. The first kappa shape index (κ1) is 9.45. The van der Waals surface area contributed by atoms with Gasteiger partial charge in [-0.1, -0.05) is 13.2 Å². The first-order valence-electron chi connectivity index (χ1n) is 4.57. The van der Waals surface area contributed by atoms with Crippen molar-refractivity contribution in [1.82, 2.24) is 9.78 Å². The Morgan fingerprint density at radius 1 is 1.47 bits per heavy atom. The highest BCUT2D eigenvalue weighted by Gasteiger charge is 2.10. The topological polar surface area (TPSA) is 33.4 Å². The van der Waals surface area contributed by atoms with E-state index in [1.165, 1.54) is 0 Å². The van der Waals surface area contributed by atoms with Crippen molar-refractivity contribution in [2.75, 3.05) is 5.01 Å². The molecule has 0 saturated heterocycles. The lowest BCUT2D eigenvalue weighted by Gasteiger charge is -2.17. The number of hydrogen-bond acceptors (Lipinski definition) is 3. The molecule has 0 bridgehead atoms. The van der Waals surface area contributed by atoms with Crippen molar-refractivity contribution in [3.05, 3.63) is 49.5 Å². The summed E-state index contributed by atoms with van der Waals surface area (Å²) in [4.78, 5) is 0. The van der Waals surface area contributed by atoms with Gasteiger partial charge in [-0.2, -0.15) is 10.2 Å². The second-order valence-electron chi connectivity index (χ2n) is 3.25. The van der Waals surface area contributed by atoms with E-state index in [9.17, 15) is 0 Å². The molecule has 0 unspecified atom stereocenters. The molecular formula is C11H12N4. The SMILES string of the molecule is C=CC1=NN(c2cnn(C)c2)C=CC1=C. The molecule has 2 rings (SSSR count). The molecule has 2 heterocycles. The van der Waals surface area contributed by atoms with Gasteiger partial charge in [-0.3, -0.25) is 4.68 Å². The second-order valence-corrected chi connectivity index (χ2v) is 3.25. The summed E-state index contributed by atoms with van der Waals surface area (Å²) >= 11 is 0. The smallest absolute Gasteiger partial charge is 0.102 e. The quantitative estimate of drug-likeness (QED) is 0.730. The number of hydrazone groups is 1. The van der Waals surface area contributed by atoms with E-state index in [1.807, 2.05) is 25.5 Å². The van der Waals surface area contributed by atoms with E-state index in [1.54, 1.807) is 22.0 Å². The van der Waals surface area contributed by atoms with Crippen LogP contribution in [0.4, 0.5) is 5.69 Å². The number of rotatable bonds is 2. The van der Waals surface area contributed by atoms with E-state index in [-0.39, 0.29) is 0 Å². The highest BCUT2D eigenvalue weighted by Crippen LogP contribution is 2.18. The van der Waals surface area contributed by atoms with Gasteiger partial charge in [0.1, 0.15) is 5.69 Å². The third kappa shape index (κ3) is 1.74. The normalized spacial score (nSPS) is 15.4. The maximum atomic E-state index is 4.36. The Morgan fingerprint density at radius 3 is 2.87 bits per heavy atom. The van der Waals surface area contributed by atoms with E-state index < -0.39 is 0 Å². The Hall–Kier alpha value is -2.10. The highest BCUT2D eigenvalue weighted by molar-refractivity contribution is 6.10. The van der Waals surface area contributed by atoms with Gasteiger partial charge in [-0.05, 0) is 17.7 Å². The van der Waals surface area contributed by atoms with Gasteiger partial charge >= 0.3 is 0 Å². The molecule has 1 aliphatic rings. The summed E-state index contributed by atoms with van der Waals surface area (Å²) in [6.45, 7) is 7.56. The Bertz CT molecular complexity index is 465. The summed E-state index contributed by atoms with van der Waals surface area (Å²) in [7, 11) is 1.87. The van der Waals surface area contributed by atoms with Crippen LogP contribution in [0.15, 0.2) is 54.6 Å². The molecule has 4 heteroatoms. The number of allylic oxidation sites excluding steroid dienone is 3. The molecule has 0 aliphatic carbocycles. The molecule has 1 aromatic heterocycles. The molecule has 1 aromatic rings. The Kier molecular flexibility index (Phi) is 2.25. The summed E-state index contributed by atoms with van der Waals surface area (Å²) in [5.74, 6) is 0. The van der Waals surface area contributed by atoms with Crippen LogP contribution in [0.1, 0.15) is 0 Å². The minimum Gasteiger partial charge on any atom is -0.274 e. The molecule has 4 nitrogen and oxygen atoms in total. The van der Waals surface area contributed by atoms with Crippen molar-refractivity contribution in [3.8, 4) is 0 Å². The van der Waals surface area contributed by atoms with Gasteiger partial charge in [0.15, 0.2) is 0 Å². The van der Waals surface area contributed by atoms with Crippen LogP contribution < -0.4 is 5.01 Å². The zero-order valence-electron chi connectivity index (χ0n) is 8.59. The molecular weight excluding hydrogens is 188 g/mol. The van der Waals surface area contributed by atoms with Gasteiger partial charge in [0.2, 0.25) is 0 Å². The number of aryl methyl sites for hydroxylation is 1. The van der Waals surface area contributed by atoms with Crippen LogP contribution in [-0.4, -0.2) is 15.5 Å². The first-order chi connectivity index (χ1) is 7.20. The van der Waals surface area contributed by atoms with Crippen molar-refractivity contribution in [2.45, 2.75) is 0 Å². The maximum Gasteiger partial charge on any atom is 0.102 e. The lowest BCUT2D eigenvalue weighted by atomic mass is 10.1. The molecule has 1 aliphatic heterocycles. The standard InChI is InChI=1S/C11H12N4/c1-4-11-9(2)5-6-15(13-11)10-7-12-14(3)8-10/h4-8H,1-2H2,3H3. The summed E-state index contributed by atoms with van der Waals surface area (Å²) < 4.78 is 1.73. The fourth-order valence-electron chi connectivity index (χ4n) is 1.30. The van der Waals surface area contributed by atoms with Crippen LogP contribution in [0.3, 0.4) is 0 Å². The van der Waals surface area contributed by atoms with E-state index in [2.05, 4.69) is 23.4 Å². The lowest BCUT2D eigenvalue weighted by molar-refractivity contribution is 0.767. The van der Waals surface area contributed by atoms with Gasteiger partial charge in [-0.25, -0.2) is 5.01 Å². The Balaban J connectivity index is 2.33. The molecule has 0 amide bonds. The lowest BCUT2D eigenvalue weighted by Crippen LogP contribution is -2.15. The van der Waals surface area contributed by atoms with E-state index >= 15 is 0 Å². The number of anilines is 1. The molecule has 0 radical (unpaired) electrons. The fraction of sp³-hybridized carbons (Fsp3) is 0.0909. The summed E-state index contributed by atoms with van der Waals surface area (Å²) in [6.07, 6.45) is 9.09. The summed E-state index contributed by atoms with van der Waals surface area (Å²) in [6, 6.07) is 0. The van der Waals surface area contributed by atoms with Crippen LogP contribution in [0.2, 0.25) is 0 Å². The minimum absolute atomic E-state index is 0.779. The van der Waals surface area contributed by atoms with Crippen LogP contribution in [0.25, 0.3) is 0 Å². The van der Waals surface area contributed by atoms with Crippen LogP contribution in [0.5, 0.6) is 0 Å². The zero-order valence-corrected chi connectivity index (χ0v) is 8.59. The van der Waals surface area contributed by atoms with Crippen molar-refractivity contribution in [1.29, 1.82) is 0 Å². The van der Waals surface area contributed by atoms with Crippen molar-refractivity contribution < 1.29 is 0 Å². The van der Waals surface area contributed by atoms with E-state index in [0.717, 1.165) is 17.0 Å². The van der Waals surface area contributed by atoms with Gasteiger partial charge in [0.25, 0.3) is 0 Å². The van der Waals surface area contributed by atoms with Crippen LogP contribution in [-0.2, 0) is 7.05 Å². The van der Waals surface area contributed by atoms with Crippen LogP contribution in [0, 0.1) is 0 Å². The average Bonchev–Trinajstić information content (AvgIpc) is 2.66. The molecule has 0 N–H and O–H groups in total. The molecule has 0 saturated carbocycles. The highest BCUT2D eigenvalue weighted by atomic mass is 15.5. The molecule has 0 atom stereocenters. The van der Waals surface area contributed by atoms with Gasteiger partial charge < -0.3 is 0 Å². The van der Waals surface area contributed by atoms with Crippen LogP contribution >= 0.6 is 0 Å². The third-order valence-corrected chi connectivity index (χ3v) is 2.11. The Morgan fingerprint density at radius 2 is 2.27 bits per heavy atom. The van der Waals surface area contributed by atoms with Crippen molar-refractivity contribution >= 4 is 11.4 Å². The monoisotopic (exact) mass is 200 g/mol. The fourth-order valence-corrected chi connectivity index (χ4v) is 1.30. The summed E-state index contributed by atoms with van der Waals surface area (Å²) in [5, 5.41) is 10.2. The second kappa shape index (κ2) is 3.57. The minimum atomic E-state index is 0.779. The third-order valence-electron chi connectivity index (χ3n) is 2.11. The zero-order chi connectivity index (χ0) is 10.8. The van der Waals surface area contributed by atoms with Gasteiger partial charge in [0, 0.05) is 13.2 Å². The van der Waals surface area contributed by atoms with Crippen molar-refractivity contribution in [3.63, 3.8) is 0 Å². The maximum absolute atomic E-state index is 4.36. The number of hydrogen-bond donors (Lipinski definition) is 0. The average molecular weight is 200 g/mol. The predicted octanol–water partition coefficient (Wildman–Crippen LogP) is 1.85. The molecule has 0 fully saturated rings. The largest absolute Gasteiger partial charge is 0.274 e. The molecule has 0 aromatic carbocycles. The predicted molar refractivity (Wildman–Crippen MR) is 61.6 cm³/mol. The Labute approximate surface area is 88.5 Å². The van der Waals surface area contributed by atoms with Gasteiger partial charge in [-0.15, -0.1) is 0 Å². The van der Waals surface area contributed by atoms with Crippen molar-refractivity contribution in [2.24, 2.45) is 12.1 Å². The van der Waals surface area contributed by atoms with E-state index in [0.29, 0.717) is 0 Å². The molecule has 0 spiro atoms. The summed E-state index contributed by atoms with van der Waals surface area (Å²) in [5.41, 5.74) is 2.56.